The van der Waals surface area contributed by atoms with Crippen LogP contribution in [0.5, 0.6) is 0 Å². The summed E-state index contributed by atoms with van der Waals surface area (Å²) in [7, 11) is -2.29. The van der Waals surface area contributed by atoms with E-state index in [0.29, 0.717) is 13.0 Å². The number of rotatable bonds is 6. The number of aliphatic carboxylic acids is 1. The molecule has 0 radical (unpaired) electrons. The molecule has 104 valence electrons. The number of carbonyl (C=O) groups is 2. The van der Waals surface area contributed by atoms with Gasteiger partial charge in [-0.1, -0.05) is 0 Å². The first-order chi connectivity index (χ1) is 8.35. The van der Waals surface area contributed by atoms with Gasteiger partial charge in [0.05, 0.1) is 19.3 Å². The lowest BCUT2D eigenvalue weighted by atomic mass is 10.1. The van der Waals surface area contributed by atoms with E-state index < -0.39 is 22.0 Å². The Hall–Kier alpha value is -1.15. The van der Waals surface area contributed by atoms with E-state index in [4.69, 9.17) is 5.11 Å². The Morgan fingerprint density at radius 1 is 1.44 bits per heavy atom. The summed E-state index contributed by atoms with van der Waals surface area (Å²) >= 11 is 0. The molecule has 0 bridgehead atoms. The van der Waals surface area contributed by atoms with Gasteiger partial charge in [-0.15, -0.1) is 0 Å². The van der Waals surface area contributed by atoms with Crippen molar-refractivity contribution in [2.24, 2.45) is 5.92 Å². The molecule has 1 rings (SSSR count). The van der Waals surface area contributed by atoms with Gasteiger partial charge in [0, 0.05) is 19.5 Å². The molecule has 1 saturated heterocycles. The summed E-state index contributed by atoms with van der Waals surface area (Å²) in [4.78, 5) is 21.4. The standard InChI is InChI=1S/C10H17NO6S/c1-17-10(14)3-5-18(15,16)11-4-2-8(7-11)6-9(12)13/h8H,2-7H2,1H3,(H,12,13). The van der Waals surface area contributed by atoms with Gasteiger partial charge in [-0.05, 0) is 12.3 Å². The van der Waals surface area contributed by atoms with E-state index in [-0.39, 0.29) is 31.1 Å². The van der Waals surface area contributed by atoms with Crippen LogP contribution in [0.2, 0.25) is 0 Å². The molecule has 7 nitrogen and oxygen atoms in total. The van der Waals surface area contributed by atoms with Crippen molar-refractivity contribution >= 4 is 22.0 Å². The summed E-state index contributed by atoms with van der Waals surface area (Å²) in [6, 6.07) is 0. The van der Waals surface area contributed by atoms with Gasteiger partial charge in [0.15, 0.2) is 0 Å². The van der Waals surface area contributed by atoms with Crippen molar-refractivity contribution in [3.8, 4) is 0 Å². The fourth-order valence-electron chi connectivity index (χ4n) is 1.91. The smallest absolute Gasteiger partial charge is 0.306 e. The monoisotopic (exact) mass is 279 g/mol. The molecule has 1 atom stereocenters. The topological polar surface area (TPSA) is 101 Å². The molecule has 0 aliphatic carbocycles. The average molecular weight is 279 g/mol. The van der Waals surface area contributed by atoms with Crippen LogP contribution in [0.1, 0.15) is 19.3 Å². The molecular weight excluding hydrogens is 262 g/mol. The van der Waals surface area contributed by atoms with E-state index in [2.05, 4.69) is 4.74 Å². The fourth-order valence-corrected chi connectivity index (χ4v) is 3.41. The van der Waals surface area contributed by atoms with Crippen LogP contribution in [-0.2, 0) is 24.3 Å². The second-order valence-corrected chi connectivity index (χ2v) is 6.34. The Labute approximate surface area is 106 Å². The van der Waals surface area contributed by atoms with Crippen molar-refractivity contribution in [1.82, 2.24) is 4.31 Å². The van der Waals surface area contributed by atoms with Gasteiger partial charge < -0.3 is 9.84 Å². The molecule has 1 N–H and O–H groups in total. The number of carbonyl (C=O) groups excluding carboxylic acids is 1. The molecular formula is C10H17NO6S. The summed E-state index contributed by atoms with van der Waals surface area (Å²) in [5.74, 6) is -1.93. The van der Waals surface area contributed by atoms with Crippen molar-refractivity contribution < 1.29 is 27.9 Å². The van der Waals surface area contributed by atoms with Gasteiger partial charge >= 0.3 is 11.9 Å². The van der Waals surface area contributed by atoms with Crippen LogP contribution >= 0.6 is 0 Å². The van der Waals surface area contributed by atoms with Crippen molar-refractivity contribution in [1.29, 1.82) is 0 Å². The van der Waals surface area contributed by atoms with Crippen molar-refractivity contribution in [2.45, 2.75) is 19.3 Å². The van der Waals surface area contributed by atoms with Crippen LogP contribution in [-0.4, -0.2) is 55.7 Å². The largest absolute Gasteiger partial charge is 0.481 e. The number of esters is 1. The third-order valence-electron chi connectivity index (χ3n) is 2.90. The number of hydrogen-bond donors (Lipinski definition) is 1. The Balaban J connectivity index is 2.49. The molecule has 1 heterocycles. The van der Waals surface area contributed by atoms with Crippen LogP contribution in [0.3, 0.4) is 0 Å². The Bertz CT molecular complexity index is 418. The minimum Gasteiger partial charge on any atom is -0.481 e. The molecule has 8 heteroatoms. The zero-order chi connectivity index (χ0) is 13.8. The minimum atomic E-state index is -3.49. The molecule has 0 aromatic rings. The molecule has 1 aliphatic heterocycles. The minimum absolute atomic E-state index is 0.0248. The Morgan fingerprint density at radius 3 is 2.67 bits per heavy atom. The highest BCUT2D eigenvalue weighted by molar-refractivity contribution is 7.89. The van der Waals surface area contributed by atoms with Gasteiger partial charge in [-0.2, -0.15) is 0 Å². The van der Waals surface area contributed by atoms with E-state index >= 15 is 0 Å². The first kappa shape index (κ1) is 14.9. The average Bonchev–Trinajstić information content (AvgIpc) is 2.74. The molecule has 0 spiro atoms. The molecule has 1 fully saturated rings. The van der Waals surface area contributed by atoms with Crippen molar-refractivity contribution in [3.05, 3.63) is 0 Å². The second-order valence-electron chi connectivity index (χ2n) is 4.25. The van der Waals surface area contributed by atoms with Gasteiger partial charge in [0.25, 0.3) is 0 Å². The van der Waals surface area contributed by atoms with Gasteiger partial charge in [-0.25, -0.2) is 12.7 Å². The third kappa shape index (κ3) is 4.26. The van der Waals surface area contributed by atoms with Crippen LogP contribution in [0.15, 0.2) is 0 Å². The zero-order valence-electron chi connectivity index (χ0n) is 10.2. The van der Waals surface area contributed by atoms with E-state index in [1.165, 1.54) is 11.4 Å². The van der Waals surface area contributed by atoms with Gasteiger partial charge in [0.1, 0.15) is 0 Å². The van der Waals surface area contributed by atoms with Crippen LogP contribution < -0.4 is 0 Å². The summed E-state index contributed by atoms with van der Waals surface area (Å²) in [5, 5.41) is 8.64. The second kappa shape index (κ2) is 6.14. The maximum absolute atomic E-state index is 11.9. The third-order valence-corrected chi connectivity index (χ3v) is 4.74. The highest BCUT2D eigenvalue weighted by atomic mass is 32.2. The zero-order valence-corrected chi connectivity index (χ0v) is 11.0. The fraction of sp³-hybridized carbons (Fsp3) is 0.800. The summed E-state index contributed by atoms with van der Waals surface area (Å²) in [6.07, 6.45) is 0.339. The van der Waals surface area contributed by atoms with Crippen molar-refractivity contribution in [2.75, 3.05) is 26.0 Å². The number of ether oxygens (including phenoxy) is 1. The Kier molecular flexibility index (Phi) is 5.09. The van der Waals surface area contributed by atoms with Gasteiger partial charge in [-0.3, -0.25) is 9.59 Å². The van der Waals surface area contributed by atoms with Gasteiger partial charge in [0.2, 0.25) is 10.0 Å². The maximum atomic E-state index is 11.9. The predicted octanol–water partition coefficient (Wildman–Crippen LogP) is -0.324. The summed E-state index contributed by atoms with van der Waals surface area (Å²) in [5.41, 5.74) is 0. The maximum Gasteiger partial charge on any atom is 0.306 e. The molecule has 0 saturated carbocycles. The highest BCUT2D eigenvalue weighted by Gasteiger charge is 2.32. The number of nitrogens with zero attached hydrogens (tertiary/aromatic N) is 1. The molecule has 1 aliphatic rings. The van der Waals surface area contributed by atoms with Crippen LogP contribution in [0.4, 0.5) is 0 Å². The number of methoxy groups -OCH3 is 1. The van der Waals surface area contributed by atoms with E-state index in [1.807, 2.05) is 0 Å². The lowest BCUT2D eigenvalue weighted by molar-refractivity contribution is -0.140. The predicted molar refractivity (Wildman–Crippen MR) is 62.4 cm³/mol. The molecule has 18 heavy (non-hydrogen) atoms. The lowest BCUT2D eigenvalue weighted by Gasteiger charge is -2.15. The van der Waals surface area contributed by atoms with Crippen LogP contribution in [0, 0.1) is 5.92 Å². The van der Waals surface area contributed by atoms with E-state index in [9.17, 15) is 18.0 Å². The van der Waals surface area contributed by atoms with Crippen LogP contribution in [0.25, 0.3) is 0 Å². The number of sulfonamides is 1. The highest BCUT2D eigenvalue weighted by Crippen LogP contribution is 2.22. The molecule has 0 amide bonds. The van der Waals surface area contributed by atoms with Crippen molar-refractivity contribution in [3.63, 3.8) is 0 Å². The normalized spacial score (nSPS) is 20.8. The molecule has 1 unspecified atom stereocenters. The van der Waals surface area contributed by atoms with E-state index in [0.717, 1.165) is 0 Å². The summed E-state index contributed by atoms with van der Waals surface area (Å²) < 4.78 is 29.3. The number of carboxylic acid groups (broad SMARTS) is 1. The van der Waals surface area contributed by atoms with E-state index in [1.54, 1.807) is 0 Å². The quantitative estimate of drug-likeness (QED) is 0.668. The molecule has 0 aromatic heterocycles. The summed E-state index contributed by atoms with van der Waals surface area (Å²) in [6.45, 7) is 0.539. The Morgan fingerprint density at radius 2 is 2.11 bits per heavy atom. The first-order valence-corrected chi connectivity index (χ1v) is 7.22. The lowest BCUT2D eigenvalue weighted by Crippen LogP contribution is -2.32. The SMILES string of the molecule is COC(=O)CCS(=O)(=O)N1CCC(CC(=O)O)C1. The molecule has 0 aromatic carbocycles. The first-order valence-electron chi connectivity index (χ1n) is 5.61. The number of hydrogen-bond acceptors (Lipinski definition) is 5. The number of carboxylic acids is 1.